The van der Waals surface area contributed by atoms with Crippen LogP contribution in [-0.4, -0.2) is 5.91 Å². The molecule has 20 heavy (non-hydrogen) atoms. The maximum atomic E-state index is 12.8. The van der Waals surface area contributed by atoms with Crippen LogP contribution in [0.2, 0.25) is 0 Å². The molecule has 0 heterocycles. The Hall–Kier alpha value is -2.16. The summed E-state index contributed by atoms with van der Waals surface area (Å²) in [5.41, 5.74) is 3.05. The van der Waals surface area contributed by atoms with Crippen molar-refractivity contribution in [1.29, 1.82) is 0 Å². The third kappa shape index (κ3) is 3.92. The van der Waals surface area contributed by atoms with Crippen molar-refractivity contribution in [3.63, 3.8) is 0 Å². The van der Waals surface area contributed by atoms with E-state index in [1.54, 1.807) is 12.1 Å². The maximum absolute atomic E-state index is 12.8. The highest BCUT2D eigenvalue weighted by Crippen LogP contribution is 2.13. The highest BCUT2D eigenvalue weighted by molar-refractivity contribution is 5.79. The van der Waals surface area contributed by atoms with E-state index in [4.69, 9.17) is 0 Å². The standard InChI is InChI=1S/C17H18FNO/c1-12-3-5-14(6-4-12)11-17(20)19-13(2)15-7-9-16(18)10-8-15/h3-10,13H,11H2,1-2H3,(H,19,20)/t13-/m1/s1. The molecule has 0 spiro atoms. The first kappa shape index (κ1) is 14.3. The fourth-order valence-electron chi connectivity index (χ4n) is 2.02. The summed E-state index contributed by atoms with van der Waals surface area (Å²) in [6.45, 7) is 3.90. The van der Waals surface area contributed by atoms with Crippen molar-refractivity contribution in [3.05, 3.63) is 71.0 Å². The lowest BCUT2D eigenvalue weighted by Gasteiger charge is -2.14. The van der Waals surface area contributed by atoms with Crippen molar-refractivity contribution in [1.82, 2.24) is 5.32 Å². The highest BCUT2D eigenvalue weighted by Gasteiger charge is 2.10. The first-order chi connectivity index (χ1) is 9.54. The van der Waals surface area contributed by atoms with E-state index in [2.05, 4.69) is 5.32 Å². The number of halogens is 1. The van der Waals surface area contributed by atoms with Crippen LogP contribution in [0, 0.1) is 12.7 Å². The summed E-state index contributed by atoms with van der Waals surface area (Å²) in [4.78, 5) is 12.0. The Bertz CT molecular complexity index is 575. The van der Waals surface area contributed by atoms with E-state index >= 15 is 0 Å². The predicted molar refractivity (Wildman–Crippen MR) is 77.8 cm³/mol. The molecule has 0 unspecified atom stereocenters. The number of benzene rings is 2. The summed E-state index contributed by atoms with van der Waals surface area (Å²) in [6.07, 6.45) is 0.353. The Labute approximate surface area is 118 Å². The van der Waals surface area contributed by atoms with Gasteiger partial charge in [0.2, 0.25) is 5.91 Å². The van der Waals surface area contributed by atoms with Crippen molar-refractivity contribution in [2.45, 2.75) is 26.3 Å². The second-order valence-corrected chi connectivity index (χ2v) is 5.00. The van der Waals surface area contributed by atoms with Crippen LogP contribution in [0.3, 0.4) is 0 Å². The zero-order valence-electron chi connectivity index (χ0n) is 11.7. The molecule has 0 aliphatic rings. The number of aryl methyl sites for hydroxylation is 1. The molecule has 0 aliphatic carbocycles. The quantitative estimate of drug-likeness (QED) is 0.905. The molecule has 2 aromatic rings. The van der Waals surface area contributed by atoms with Gasteiger partial charge in [0.05, 0.1) is 12.5 Å². The molecular weight excluding hydrogens is 253 g/mol. The number of nitrogens with one attached hydrogen (secondary N) is 1. The number of amides is 1. The van der Waals surface area contributed by atoms with Crippen LogP contribution in [0.1, 0.15) is 29.7 Å². The number of carbonyl (C=O) groups excluding carboxylic acids is 1. The normalized spacial score (nSPS) is 11.9. The summed E-state index contributed by atoms with van der Waals surface area (Å²) in [5.74, 6) is -0.308. The molecule has 104 valence electrons. The third-order valence-electron chi connectivity index (χ3n) is 3.23. The smallest absolute Gasteiger partial charge is 0.224 e. The number of rotatable bonds is 4. The topological polar surface area (TPSA) is 29.1 Å². The molecule has 2 aromatic carbocycles. The predicted octanol–water partition coefficient (Wildman–Crippen LogP) is 3.55. The van der Waals surface area contributed by atoms with Gasteiger partial charge < -0.3 is 5.32 Å². The van der Waals surface area contributed by atoms with E-state index in [0.29, 0.717) is 6.42 Å². The molecule has 3 heteroatoms. The van der Waals surface area contributed by atoms with Gasteiger partial charge in [-0.1, -0.05) is 42.0 Å². The minimum atomic E-state index is -0.271. The van der Waals surface area contributed by atoms with E-state index in [-0.39, 0.29) is 17.8 Å². The van der Waals surface area contributed by atoms with Gasteiger partial charge in [-0.05, 0) is 37.1 Å². The molecule has 0 aromatic heterocycles. The molecule has 1 amide bonds. The Morgan fingerprint density at radius 3 is 2.30 bits per heavy atom. The van der Waals surface area contributed by atoms with Crippen molar-refractivity contribution in [2.24, 2.45) is 0 Å². The molecule has 2 rings (SSSR count). The minimum Gasteiger partial charge on any atom is -0.349 e. The maximum Gasteiger partial charge on any atom is 0.224 e. The third-order valence-corrected chi connectivity index (χ3v) is 3.23. The number of hydrogen-bond acceptors (Lipinski definition) is 1. The number of hydrogen-bond donors (Lipinski definition) is 1. The van der Waals surface area contributed by atoms with E-state index in [1.165, 1.54) is 17.7 Å². The molecule has 0 aliphatic heterocycles. The summed E-state index contributed by atoms with van der Waals surface area (Å²) in [7, 11) is 0. The second-order valence-electron chi connectivity index (χ2n) is 5.00. The van der Waals surface area contributed by atoms with Gasteiger partial charge in [0.25, 0.3) is 0 Å². The van der Waals surface area contributed by atoms with E-state index in [9.17, 15) is 9.18 Å². The van der Waals surface area contributed by atoms with Crippen LogP contribution in [-0.2, 0) is 11.2 Å². The number of carbonyl (C=O) groups is 1. The Balaban J connectivity index is 1.93. The molecule has 1 atom stereocenters. The van der Waals surface area contributed by atoms with Gasteiger partial charge in [-0.25, -0.2) is 4.39 Å². The van der Waals surface area contributed by atoms with Crippen molar-refractivity contribution < 1.29 is 9.18 Å². The molecule has 0 bridgehead atoms. The lowest BCUT2D eigenvalue weighted by atomic mass is 10.1. The van der Waals surface area contributed by atoms with Crippen molar-refractivity contribution in [3.8, 4) is 0 Å². The van der Waals surface area contributed by atoms with Gasteiger partial charge >= 0.3 is 0 Å². The molecule has 0 fully saturated rings. The zero-order chi connectivity index (χ0) is 14.5. The SMILES string of the molecule is Cc1ccc(CC(=O)N[C@H](C)c2ccc(F)cc2)cc1. The second kappa shape index (κ2) is 6.33. The average molecular weight is 271 g/mol. The van der Waals surface area contributed by atoms with Crippen molar-refractivity contribution in [2.75, 3.05) is 0 Å². The van der Waals surface area contributed by atoms with Crippen LogP contribution in [0.25, 0.3) is 0 Å². The highest BCUT2D eigenvalue weighted by atomic mass is 19.1. The molecule has 2 nitrogen and oxygen atoms in total. The fraction of sp³-hybridized carbons (Fsp3) is 0.235. The summed E-state index contributed by atoms with van der Waals surface area (Å²) >= 11 is 0. The Kier molecular flexibility index (Phi) is 4.51. The van der Waals surface area contributed by atoms with Crippen LogP contribution in [0.4, 0.5) is 4.39 Å². The summed E-state index contributed by atoms with van der Waals surface area (Å²) in [5, 5.41) is 2.92. The first-order valence-corrected chi connectivity index (χ1v) is 6.65. The average Bonchev–Trinajstić information content (AvgIpc) is 2.42. The Morgan fingerprint density at radius 2 is 1.70 bits per heavy atom. The minimum absolute atomic E-state index is 0.0364. The molecule has 0 saturated heterocycles. The van der Waals surface area contributed by atoms with Crippen LogP contribution in [0.15, 0.2) is 48.5 Å². The first-order valence-electron chi connectivity index (χ1n) is 6.65. The largest absolute Gasteiger partial charge is 0.349 e. The van der Waals surface area contributed by atoms with Gasteiger partial charge in [0, 0.05) is 0 Å². The van der Waals surface area contributed by atoms with Gasteiger partial charge in [-0.3, -0.25) is 4.79 Å². The van der Waals surface area contributed by atoms with Crippen LogP contribution < -0.4 is 5.32 Å². The lowest BCUT2D eigenvalue weighted by molar-refractivity contribution is -0.121. The lowest BCUT2D eigenvalue weighted by Crippen LogP contribution is -2.28. The summed E-state index contributed by atoms with van der Waals surface area (Å²) in [6, 6.07) is 13.9. The monoisotopic (exact) mass is 271 g/mol. The molecule has 1 N–H and O–H groups in total. The summed E-state index contributed by atoms with van der Waals surface area (Å²) < 4.78 is 12.8. The Morgan fingerprint density at radius 1 is 1.10 bits per heavy atom. The van der Waals surface area contributed by atoms with Crippen molar-refractivity contribution >= 4 is 5.91 Å². The molecule has 0 radical (unpaired) electrons. The van der Waals surface area contributed by atoms with Gasteiger partial charge in [0.15, 0.2) is 0 Å². The molecule has 0 saturated carbocycles. The van der Waals surface area contributed by atoms with Crippen LogP contribution in [0.5, 0.6) is 0 Å². The van der Waals surface area contributed by atoms with Crippen LogP contribution >= 0.6 is 0 Å². The van der Waals surface area contributed by atoms with E-state index in [0.717, 1.165) is 11.1 Å². The van der Waals surface area contributed by atoms with E-state index in [1.807, 2.05) is 38.1 Å². The van der Waals surface area contributed by atoms with Gasteiger partial charge in [0.1, 0.15) is 5.82 Å². The van der Waals surface area contributed by atoms with Gasteiger partial charge in [-0.2, -0.15) is 0 Å². The molecular formula is C17H18FNO. The van der Waals surface area contributed by atoms with Gasteiger partial charge in [-0.15, -0.1) is 0 Å². The van der Waals surface area contributed by atoms with E-state index < -0.39 is 0 Å². The fourth-order valence-corrected chi connectivity index (χ4v) is 2.02. The zero-order valence-corrected chi connectivity index (χ0v) is 11.7.